The van der Waals surface area contributed by atoms with Crippen LogP contribution in [-0.4, -0.2) is 9.66 Å². The Morgan fingerprint density at radius 3 is 2.82 bits per heavy atom. The normalized spacial score (nSPS) is 16.5. The Balaban J connectivity index is 2.50. The van der Waals surface area contributed by atoms with E-state index >= 15 is 0 Å². The monoisotopic (exact) mass is 151 g/mol. The number of aryl methyl sites for hydroxylation is 2. The molecular formula is C8H13N3. The molecule has 0 atom stereocenters. The molecule has 0 aromatic carbocycles. The van der Waals surface area contributed by atoms with Gasteiger partial charge in [0.25, 0.3) is 0 Å². The zero-order chi connectivity index (χ0) is 7.84. The first-order valence-corrected chi connectivity index (χ1v) is 4.11. The average Bonchev–Trinajstić information content (AvgIpc) is 2.30. The summed E-state index contributed by atoms with van der Waals surface area (Å²) in [5, 5.41) is 0. The van der Waals surface area contributed by atoms with E-state index in [9.17, 15) is 0 Å². The van der Waals surface area contributed by atoms with Gasteiger partial charge in [-0.25, -0.2) is 4.98 Å². The van der Waals surface area contributed by atoms with Gasteiger partial charge in [-0.05, 0) is 32.6 Å². The number of nitrogens with two attached hydrogens (primary N) is 1. The highest BCUT2D eigenvalue weighted by atomic mass is 15.3. The van der Waals surface area contributed by atoms with Crippen LogP contribution in [0.25, 0.3) is 0 Å². The van der Waals surface area contributed by atoms with Gasteiger partial charge in [-0.3, -0.25) is 4.68 Å². The second-order valence-electron chi connectivity index (χ2n) is 3.13. The number of hydrogen-bond acceptors (Lipinski definition) is 2. The predicted octanol–water partition coefficient (Wildman–Crippen LogP) is 0.784. The molecule has 0 radical (unpaired) electrons. The highest BCUT2D eigenvalue weighted by Crippen LogP contribution is 2.19. The van der Waals surface area contributed by atoms with Gasteiger partial charge in [-0.15, -0.1) is 0 Å². The fraction of sp³-hybridized carbons (Fsp3) is 0.625. The topological polar surface area (TPSA) is 43.8 Å². The second-order valence-corrected chi connectivity index (χ2v) is 3.13. The molecule has 3 nitrogen and oxygen atoms in total. The number of nitrogen functional groups attached to an aromatic ring is 1. The summed E-state index contributed by atoms with van der Waals surface area (Å²) in [4.78, 5) is 4.39. The van der Waals surface area contributed by atoms with E-state index in [-0.39, 0.29) is 0 Å². The Morgan fingerprint density at radius 2 is 2.09 bits per heavy atom. The zero-order valence-corrected chi connectivity index (χ0v) is 6.80. The van der Waals surface area contributed by atoms with Crippen LogP contribution in [0.3, 0.4) is 0 Å². The minimum absolute atomic E-state index is 0.942. The number of hydrogen-bond donors (Lipinski definition) is 1. The summed E-state index contributed by atoms with van der Waals surface area (Å²) in [7, 11) is 0. The van der Waals surface area contributed by atoms with Crippen LogP contribution in [0.2, 0.25) is 0 Å². The first-order chi connectivity index (χ1) is 5.29. The van der Waals surface area contributed by atoms with Gasteiger partial charge in [-0.2, -0.15) is 0 Å². The van der Waals surface area contributed by atoms with Crippen molar-refractivity contribution in [3.8, 4) is 0 Å². The van der Waals surface area contributed by atoms with Gasteiger partial charge < -0.3 is 5.84 Å². The molecule has 1 aromatic rings. The van der Waals surface area contributed by atoms with Gasteiger partial charge in [0.05, 0.1) is 11.4 Å². The summed E-state index contributed by atoms with van der Waals surface area (Å²) in [5.74, 6) is 6.72. The first kappa shape index (κ1) is 6.70. The van der Waals surface area contributed by atoms with Crippen LogP contribution in [-0.2, 0) is 12.8 Å². The average molecular weight is 151 g/mol. The van der Waals surface area contributed by atoms with Crippen LogP contribution >= 0.6 is 0 Å². The molecule has 60 valence electrons. The molecule has 0 bridgehead atoms. The Hall–Kier alpha value is -0.990. The molecule has 0 spiro atoms. The molecule has 0 aliphatic heterocycles. The quantitative estimate of drug-likeness (QED) is 0.557. The Labute approximate surface area is 66.2 Å². The van der Waals surface area contributed by atoms with Crippen molar-refractivity contribution in [3.63, 3.8) is 0 Å². The third-order valence-corrected chi connectivity index (χ3v) is 2.35. The third-order valence-electron chi connectivity index (χ3n) is 2.35. The maximum absolute atomic E-state index is 5.78. The van der Waals surface area contributed by atoms with Gasteiger partial charge in [0.2, 0.25) is 0 Å². The van der Waals surface area contributed by atoms with E-state index in [2.05, 4.69) is 4.98 Å². The van der Waals surface area contributed by atoms with Crippen molar-refractivity contribution in [2.45, 2.75) is 32.6 Å². The molecule has 11 heavy (non-hydrogen) atoms. The highest BCUT2D eigenvalue weighted by Gasteiger charge is 2.15. The molecule has 2 N–H and O–H groups in total. The van der Waals surface area contributed by atoms with E-state index < -0.39 is 0 Å². The second kappa shape index (κ2) is 2.26. The molecule has 0 saturated carbocycles. The molecule has 1 aliphatic rings. The Morgan fingerprint density at radius 1 is 1.36 bits per heavy atom. The number of aromatic nitrogens is 2. The summed E-state index contributed by atoms with van der Waals surface area (Å²) >= 11 is 0. The van der Waals surface area contributed by atoms with Gasteiger partial charge in [0, 0.05) is 0 Å². The van der Waals surface area contributed by atoms with Crippen molar-refractivity contribution >= 4 is 0 Å². The zero-order valence-electron chi connectivity index (χ0n) is 6.80. The molecule has 2 rings (SSSR count). The van der Waals surface area contributed by atoms with Gasteiger partial charge >= 0.3 is 0 Å². The molecule has 0 unspecified atom stereocenters. The van der Waals surface area contributed by atoms with Crippen molar-refractivity contribution in [2.75, 3.05) is 5.84 Å². The maximum atomic E-state index is 5.78. The minimum Gasteiger partial charge on any atom is -0.338 e. The van der Waals surface area contributed by atoms with Crippen molar-refractivity contribution in [2.24, 2.45) is 0 Å². The van der Waals surface area contributed by atoms with Crippen molar-refractivity contribution in [1.29, 1.82) is 0 Å². The van der Waals surface area contributed by atoms with Crippen molar-refractivity contribution in [3.05, 3.63) is 17.2 Å². The molecule has 3 heteroatoms. The van der Waals surface area contributed by atoms with Crippen LogP contribution in [0.15, 0.2) is 0 Å². The van der Waals surface area contributed by atoms with Crippen LogP contribution in [0.5, 0.6) is 0 Å². The third kappa shape index (κ3) is 0.914. The maximum Gasteiger partial charge on any atom is 0.124 e. The molecule has 0 saturated heterocycles. The van der Waals surface area contributed by atoms with Crippen molar-refractivity contribution < 1.29 is 0 Å². The fourth-order valence-electron chi connectivity index (χ4n) is 1.70. The largest absolute Gasteiger partial charge is 0.338 e. The van der Waals surface area contributed by atoms with E-state index in [1.54, 1.807) is 4.68 Å². The lowest BCUT2D eigenvalue weighted by molar-refractivity contribution is 0.650. The number of rotatable bonds is 0. The lowest BCUT2D eigenvalue weighted by atomic mass is 10.0. The summed E-state index contributed by atoms with van der Waals surface area (Å²) in [6, 6.07) is 0. The van der Waals surface area contributed by atoms with Crippen LogP contribution in [0, 0.1) is 6.92 Å². The fourth-order valence-corrected chi connectivity index (χ4v) is 1.70. The molecule has 1 aliphatic carbocycles. The summed E-state index contributed by atoms with van der Waals surface area (Å²) in [6.45, 7) is 1.96. The number of nitrogens with zero attached hydrogens (tertiary/aromatic N) is 2. The standard InChI is InChI=1S/C8H13N3/c1-6-10-7-4-2-3-5-8(7)11(6)9/h2-5,9H2,1H3. The highest BCUT2D eigenvalue weighted by molar-refractivity contribution is 5.19. The first-order valence-electron chi connectivity index (χ1n) is 4.11. The van der Waals surface area contributed by atoms with Gasteiger partial charge in [0.1, 0.15) is 5.82 Å². The summed E-state index contributed by atoms with van der Waals surface area (Å²) in [5.41, 5.74) is 2.46. The Bertz CT molecular complexity index is 275. The van der Waals surface area contributed by atoms with E-state index in [4.69, 9.17) is 5.84 Å². The molecule has 1 aromatic heterocycles. The van der Waals surface area contributed by atoms with Crippen LogP contribution in [0.1, 0.15) is 30.1 Å². The number of fused-ring (bicyclic) bond motifs is 1. The SMILES string of the molecule is Cc1nc2c(n1N)CCCC2. The Kier molecular flexibility index (Phi) is 1.37. The predicted molar refractivity (Wildman–Crippen MR) is 43.8 cm³/mol. The summed E-state index contributed by atoms with van der Waals surface area (Å²) < 4.78 is 1.73. The smallest absolute Gasteiger partial charge is 0.124 e. The molecular weight excluding hydrogens is 138 g/mol. The van der Waals surface area contributed by atoms with E-state index in [1.165, 1.54) is 24.2 Å². The van der Waals surface area contributed by atoms with Gasteiger partial charge in [-0.1, -0.05) is 0 Å². The van der Waals surface area contributed by atoms with E-state index in [1.807, 2.05) is 6.92 Å². The molecule has 1 heterocycles. The van der Waals surface area contributed by atoms with Crippen LogP contribution < -0.4 is 5.84 Å². The molecule has 0 amide bonds. The summed E-state index contributed by atoms with van der Waals surface area (Å²) in [6.07, 6.45) is 4.74. The van der Waals surface area contributed by atoms with Crippen molar-refractivity contribution in [1.82, 2.24) is 9.66 Å². The minimum atomic E-state index is 0.942. The lowest BCUT2D eigenvalue weighted by Crippen LogP contribution is -2.16. The van der Waals surface area contributed by atoms with Crippen LogP contribution in [0.4, 0.5) is 0 Å². The van der Waals surface area contributed by atoms with E-state index in [0.717, 1.165) is 18.7 Å². The lowest BCUT2D eigenvalue weighted by Gasteiger charge is -2.10. The van der Waals surface area contributed by atoms with E-state index in [0.29, 0.717) is 0 Å². The molecule has 0 fully saturated rings. The number of imidazole rings is 1. The van der Waals surface area contributed by atoms with Gasteiger partial charge in [0.15, 0.2) is 0 Å².